The Morgan fingerprint density at radius 1 is 1.53 bits per heavy atom. The maximum atomic E-state index is 10.3. The minimum Gasteiger partial charge on any atom is -0.385 e. The summed E-state index contributed by atoms with van der Waals surface area (Å²) in [4.78, 5) is 0. The van der Waals surface area contributed by atoms with Gasteiger partial charge in [0.15, 0.2) is 0 Å². The molecular weight excluding hydrogens is 276 g/mol. The third-order valence-electron chi connectivity index (χ3n) is 3.01. The van der Waals surface area contributed by atoms with Crippen LogP contribution in [0.5, 0.6) is 0 Å². The van der Waals surface area contributed by atoms with E-state index in [9.17, 15) is 5.11 Å². The number of ether oxygens (including phenoxy) is 1. The fraction of sp³-hybridized carbons (Fsp3) is 0.636. The van der Waals surface area contributed by atoms with E-state index in [0.717, 1.165) is 35.9 Å². The zero-order valence-electron chi connectivity index (χ0n) is 8.70. The zero-order chi connectivity index (χ0) is 10.9. The molecule has 2 heterocycles. The number of aliphatic hydroxyl groups excluding tert-OH is 1. The van der Waals surface area contributed by atoms with Crippen molar-refractivity contribution < 1.29 is 9.84 Å². The van der Waals surface area contributed by atoms with Crippen LogP contribution in [0.15, 0.2) is 15.2 Å². The topological polar surface area (TPSA) is 29.5 Å². The summed E-state index contributed by atoms with van der Waals surface area (Å²) < 4.78 is 6.72. The molecule has 2 nitrogen and oxygen atoms in total. The van der Waals surface area contributed by atoms with Gasteiger partial charge in [-0.3, -0.25) is 0 Å². The van der Waals surface area contributed by atoms with Crippen LogP contribution in [0.25, 0.3) is 0 Å². The van der Waals surface area contributed by atoms with Crippen molar-refractivity contribution >= 4 is 27.3 Å². The van der Waals surface area contributed by atoms with Gasteiger partial charge in [0.2, 0.25) is 0 Å². The van der Waals surface area contributed by atoms with Crippen LogP contribution in [0.3, 0.4) is 0 Å². The largest absolute Gasteiger partial charge is 0.385 e. The number of hydrogen-bond donors (Lipinski definition) is 1. The minimum atomic E-state index is -0.529. The average molecular weight is 291 g/mol. The molecule has 0 amide bonds. The van der Waals surface area contributed by atoms with Crippen LogP contribution < -0.4 is 0 Å². The Morgan fingerprint density at radius 2 is 2.33 bits per heavy atom. The molecule has 1 aromatic rings. The molecule has 1 N–H and O–H groups in total. The minimum absolute atomic E-state index is 0.415. The second-order valence-corrected chi connectivity index (χ2v) is 5.79. The standard InChI is InChI=1S/C11H15BrO2S/c1-11(4-2-3-5-14-11)10(13)8-6-15-7-9(8)12/h6-7,10,13H,2-5H2,1H3. The van der Waals surface area contributed by atoms with Crippen molar-refractivity contribution in [3.63, 3.8) is 0 Å². The van der Waals surface area contributed by atoms with E-state index in [4.69, 9.17) is 4.74 Å². The molecule has 0 radical (unpaired) electrons. The Labute approximate surface area is 102 Å². The van der Waals surface area contributed by atoms with Crippen molar-refractivity contribution in [1.29, 1.82) is 0 Å². The molecule has 84 valence electrons. The molecule has 0 bridgehead atoms. The van der Waals surface area contributed by atoms with Crippen LogP contribution in [-0.2, 0) is 4.74 Å². The maximum Gasteiger partial charge on any atom is 0.110 e. The lowest BCUT2D eigenvalue weighted by atomic mass is 9.87. The van der Waals surface area contributed by atoms with E-state index in [1.807, 2.05) is 17.7 Å². The summed E-state index contributed by atoms with van der Waals surface area (Å²) in [5.74, 6) is 0. The normalized spacial score (nSPS) is 29.0. The summed E-state index contributed by atoms with van der Waals surface area (Å²) in [6.45, 7) is 2.76. The van der Waals surface area contributed by atoms with Crippen LogP contribution in [0.2, 0.25) is 0 Å². The Hall–Kier alpha value is 0.1000. The van der Waals surface area contributed by atoms with Gasteiger partial charge in [-0.05, 0) is 47.5 Å². The lowest BCUT2D eigenvalue weighted by molar-refractivity contribution is -0.138. The van der Waals surface area contributed by atoms with E-state index in [1.54, 1.807) is 11.3 Å². The van der Waals surface area contributed by atoms with E-state index >= 15 is 0 Å². The van der Waals surface area contributed by atoms with Gasteiger partial charge < -0.3 is 9.84 Å². The molecule has 1 aliphatic heterocycles. The summed E-state index contributed by atoms with van der Waals surface area (Å²) in [7, 11) is 0. The van der Waals surface area contributed by atoms with E-state index in [-0.39, 0.29) is 0 Å². The molecule has 0 saturated carbocycles. The van der Waals surface area contributed by atoms with Crippen LogP contribution in [0.1, 0.15) is 37.9 Å². The van der Waals surface area contributed by atoms with Gasteiger partial charge in [0.25, 0.3) is 0 Å². The second kappa shape index (κ2) is 4.53. The maximum absolute atomic E-state index is 10.3. The first-order valence-corrected chi connectivity index (χ1v) is 6.91. The van der Waals surface area contributed by atoms with Gasteiger partial charge >= 0.3 is 0 Å². The fourth-order valence-corrected chi connectivity index (χ4v) is 3.52. The Bertz CT molecular complexity index is 331. The smallest absolute Gasteiger partial charge is 0.110 e. The molecular formula is C11H15BrO2S. The van der Waals surface area contributed by atoms with E-state index < -0.39 is 11.7 Å². The molecule has 1 aliphatic rings. The van der Waals surface area contributed by atoms with Crippen LogP contribution in [0.4, 0.5) is 0 Å². The highest BCUT2D eigenvalue weighted by Crippen LogP contribution is 2.40. The van der Waals surface area contributed by atoms with Gasteiger partial charge in [-0.15, -0.1) is 0 Å². The summed E-state index contributed by atoms with van der Waals surface area (Å²) in [6, 6.07) is 0. The zero-order valence-corrected chi connectivity index (χ0v) is 11.1. The highest BCUT2D eigenvalue weighted by Gasteiger charge is 2.37. The van der Waals surface area contributed by atoms with E-state index in [2.05, 4.69) is 15.9 Å². The molecule has 4 heteroatoms. The van der Waals surface area contributed by atoms with Crippen molar-refractivity contribution in [3.8, 4) is 0 Å². The van der Waals surface area contributed by atoms with Crippen molar-refractivity contribution in [2.75, 3.05) is 6.61 Å². The van der Waals surface area contributed by atoms with Gasteiger partial charge in [-0.25, -0.2) is 0 Å². The number of rotatable bonds is 2. The molecule has 0 aliphatic carbocycles. The van der Waals surface area contributed by atoms with Gasteiger partial charge in [0.1, 0.15) is 6.10 Å². The van der Waals surface area contributed by atoms with E-state index in [0.29, 0.717) is 0 Å². The predicted molar refractivity (Wildman–Crippen MR) is 65.2 cm³/mol. The Morgan fingerprint density at radius 3 is 2.87 bits per heavy atom. The summed E-state index contributed by atoms with van der Waals surface area (Å²) in [5, 5.41) is 14.3. The van der Waals surface area contributed by atoms with E-state index in [1.165, 1.54) is 0 Å². The Balaban J connectivity index is 2.19. The number of aliphatic hydroxyl groups is 1. The lowest BCUT2D eigenvalue weighted by Gasteiger charge is -2.37. The molecule has 2 rings (SSSR count). The van der Waals surface area contributed by atoms with Crippen LogP contribution in [0, 0.1) is 0 Å². The highest BCUT2D eigenvalue weighted by molar-refractivity contribution is 9.10. The highest BCUT2D eigenvalue weighted by atomic mass is 79.9. The monoisotopic (exact) mass is 290 g/mol. The molecule has 15 heavy (non-hydrogen) atoms. The van der Waals surface area contributed by atoms with Crippen molar-refractivity contribution in [3.05, 3.63) is 20.8 Å². The van der Waals surface area contributed by atoms with Gasteiger partial charge in [0, 0.05) is 22.0 Å². The summed E-state index contributed by atoms with van der Waals surface area (Å²) >= 11 is 5.05. The number of hydrogen-bond acceptors (Lipinski definition) is 3. The van der Waals surface area contributed by atoms with Crippen molar-refractivity contribution in [2.45, 2.75) is 37.9 Å². The summed E-state index contributed by atoms with van der Waals surface area (Å²) in [5.41, 5.74) is 0.534. The lowest BCUT2D eigenvalue weighted by Crippen LogP contribution is -2.39. The molecule has 1 aromatic heterocycles. The third kappa shape index (κ3) is 2.28. The van der Waals surface area contributed by atoms with Gasteiger partial charge in [-0.1, -0.05) is 0 Å². The average Bonchev–Trinajstić information content (AvgIpc) is 2.64. The summed E-state index contributed by atoms with van der Waals surface area (Å²) in [6.07, 6.45) is 2.64. The molecule has 2 atom stereocenters. The second-order valence-electron chi connectivity index (χ2n) is 4.20. The van der Waals surface area contributed by atoms with Crippen molar-refractivity contribution in [1.82, 2.24) is 0 Å². The van der Waals surface area contributed by atoms with Gasteiger partial charge in [0.05, 0.1) is 5.60 Å². The fourth-order valence-electron chi connectivity index (χ4n) is 1.99. The molecule has 1 fully saturated rings. The van der Waals surface area contributed by atoms with Crippen molar-refractivity contribution in [2.24, 2.45) is 0 Å². The molecule has 2 unspecified atom stereocenters. The predicted octanol–water partition coefficient (Wildman–Crippen LogP) is 3.50. The Kier molecular flexibility index (Phi) is 3.50. The number of thiophene rings is 1. The first-order valence-electron chi connectivity index (χ1n) is 5.17. The molecule has 0 spiro atoms. The van der Waals surface area contributed by atoms with Gasteiger partial charge in [-0.2, -0.15) is 11.3 Å². The number of halogens is 1. The SMILES string of the molecule is CC1(C(O)c2cscc2Br)CCCCO1. The molecule has 1 saturated heterocycles. The molecule has 0 aromatic carbocycles. The quantitative estimate of drug-likeness (QED) is 0.903. The van der Waals surface area contributed by atoms with Crippen LogP contribution >= 0.6 is 27.3 Å². The third-order valence-corrected chi connectivity index (χ3v) is 4.77. The first kappa shape index (κ1) is 11.6. The van der Waals surface area contributed by atoms with Crippen LogP contribution in [-0.4, -0.2) is 17.3 Å². The first-order chi connectivity index (χ1) is 7.13.